The number of fused-ring (bicyclic) bond motifs is 1. The fourth-order valence-electron chi connectivity index (χ4n) is 2.63. The number of rotatable bonds is 5. The summed E-state index contributed by atoms with van der Waals surface area (Å²) in [6.45, 7) is 6.32. The van der Waals surface area contributed by atoms with E-state index in [0.717, 1.165) is 24.2 Å². The van der Waals surface area contributed by atoms with Gasteiger partial charge in [-0.25, -0.2) is 4.98 Å². The molecule has 1 fully saturated rings. The van der Waals surface area contributed by atoms with Crippen LogP contribution < -0.4 is 5.32 Å². The Kier molecular flexibility index (Phi) is 3.68. The summed E-state index contributed by atoms with van der Waals surface area (Å²) >= 11 is 0. The molecule has 5 nitrogen and oxygen atoms in total. The molecule has 21 heavy (non-hydrogen) atoms. The molecule has 1 aliphatic rings. The Morgan fingerprint density at radius 2 is 2.24 bits per heavy atom. The van der Waals surface area contributed by atoms with E-state index in [4.69, 9.17) is 4.74 Å². The summed E-state index contributed by atoms with van der Waals surface area (Å²) in [7, 11) is 0. The van der Waals surface area contributed by atoms with Crippen molar-refractivity contribution in [1.82, 2.24) is 14.9 Å². The summed E-state index contributed by atoms with van der Waals surface area (Å²) < 4.78 is 7.25. The number of nitrogens with zero attached hydrogens (tertiary/aromatic N) is 2. The summed E-state index contributed by atoms with van der Waals surface area (Å²) in [5, 5.41) is 3.01. The summed E-state index contributed by atoms with van der Waals surface area (Å²) in [5.41, 5.74) is 2.14. The molecule has 1 saturated heterocycles. The van der Waals surface area contributed by atoms with Gasteiger partial charge < -0.3 is 14.6 Å². The van der Waals surface area contributed by atoms with E-state index in [-0.39, 0.29) is 17.4 Å². The molecule has 1 atom stereocenters. The smallest absolute Gasteiger partial charge is 0.222 e. The number of carbonyl (C=O) groups excluding carboxylic acids is 1. The largest absolute Gasteiger partial charge is 0.380 e. The van der Waals surface area contributed by atoms with Gasteiger partial charge >= 0.3 is 0 Å². The van der Waals surface area contributed by atoms with E-state index in [9.17, 15) is 4.79 Å². The SMILES string of the molecule is C[C@H](CC(=O)NCC1(C)COC1)n1cnc2ccccc21. The predicted molar refractivity (Wildman–Crippen MR) is 81.0 cm³/mol. The van der Waals surface area contributed by atoms with Crippen LogP contribution in [-0.2, 0) is 9.53 Å². The first-order valence-corrected chi connectivity index (χ1v) is 7.33. The lowest BCUT2D eigenvalue weighted by Gasteiger charge is -2.38. The quantitative estimate of drug-likeness (QED) is 0.916. The van der Waals surface area contributed by atoms with Gasteiger partial charge in [-0.2, -0.15) is 0 Å². The number of ether oxygens (including phenoxy) is 1. The summed E-state index contributed by atoms with van der Waals surface area (Å²) in [4.78, 5) is 16.5. The first-order valence-electron chi connectivity index (χ1n) is 7.33. The second-order valence-corrected chi connectivity index (χ2v) is 6.27. The van der Waals surface area contributed by atoms with Gasteiger partial charge in [-0.15, -0.1) is 0 Å². The van der Waals surface area contributed by atoms with Crippen LogP contribution >= 0.6 is 0 Å². The molecule has 0 bridgehead atoms. The molecule has 112 valence electrons. The lowest BCUT2D eigenvalue weighted by atomic mass is 9.89. The maximum absolute atomic E-state index is 12.1. The summed E-state index contributed by atoms with van der Waals surface area (Å²) in [6.07, 6.45) is 2.26. The van der Waals surface area contributed by atoms with Crippen molar-refractivity contribution in [1.29, 1.82) is 0 Å². The molecule has 0 aliphatic carbocycles. The number of para-hydroxylation sites is 2. The number of carbonyl (C=O) groups is 1. The molecule has 0 spiro atoms. The predicted octanol–water partition coefficient (Wildman–Crippen LogP) is 2.14. The van der Waals surface area contributed by atoms with Gasteiger partial charge in [-0.3, -0.25) is 4.79 Å². The topological polar surface area (TPSA) is 56.1 Å². The fraction of sp³-hybridized carbons (Fsp3) is 0.500. The lowest BCUT2D eigenvalue weighted by Crippen LogP contribution is -2.48. The van der Waals surface area contributed by atoms with Crippen molar-refractivity contribution in [3.05, 3.63) is 30.6 Å². The molecule has 1 N–H and O–H groups in total. The van der Waals surface area contributed by atoms with Crippen molar-refractivity contribution < 1.29 is 9.53 Å². The zero-order valence-electron chi connectivity index (χ0n) is 12.5. The van der Waals surface area contributed by atoms with Crippen LogP contribution in [0.1, 0.15) is 26.3 Å². The van der Waals surface area contributed by atoms with Gasteiger partial charge in [0, 0.05) is 24.4 Å². The number of imidazole rings is 1. The average Bonchev–Trinajstić information content (AvgIpc) is 2.87. The van der Waals surface area contributed by atoms with Gasteiger partial charge in [0.25, 0.3) is 0 Å². The maximum atomic E-state index is 12.1. The third-order valence-corrected chi connectivity index (χ3v) is 4.05. The van der Waals surface area contributed by atoms with Gasteiger partial charge in [0.15, 0.2) is 0 Å². The van der Waals surface area contributed by atoms with E-state index >= 15 is 0 Å². The molecular weight excluding hydrogens is 266 g/mol. The van der Waals surface area contributed by atoms with Gasteiger partial charge in [-0.1, -0.05) is 19.1 Å². The first kappa shape index (κ1) is 14.1. The minimum Gasteiger partial charge on any atom is -0.380 e. The summed E-state index contributed by atoms with van der Waals surface area (Å²) in [6, 6.07) is 8.06. The van der Waals surface area contributed by atoms with Crippen LogP contribution in [0.3, 0.4) is 0 Å². The molecule has 1 aromatic heterocycles. The monoisotopic (exact) mass is 287 g/mol. The van der Waals surface area contributed by atoms with Gasteiger partial charge in [0.1, 0.15) is 0 Å². The molecule has 1 aliphatic heterocycles. The highest BCUT2D eigenvalue weighted by molar-refractivity contribution is 5.78. The highest BCUT2D eigenvalue weighted by Crippen LogP contribution is 2.25. The second-order valence-electron chi connectivity index (χ2n) is 6.27. The lowest BCUT2D eigenvalue weighted by molar-refractivity contribution is -0.127. The number of benzene rings is 1. The van der Waals surface area contributed by atoms with E-state index in [2.05, 4.69) is 21.8 Å². The van der Waals surface area contributed by atoms with Crippen molar-refractivity contribution in [2.24, 2.45) is 5.41 Å². The van der Waals surface area contributed by atoms with Crippen LogP contribution in [0.15, 0.2) is 30.6 Å². The zero-order chi connectivity index (χ0) is 14.9. The fourth-order valence-corrected chi connectivity index (χ4v) is 2.63. The summed E-state index contributed by atoms with van der Waals surface area (Å²) in [5.74, 6) is 0.0772. The van der Waals surface area contributed by atoms with E-state index in [1.165, 1.54) is 0 Å². The maximum Gasteiger partial charge on any atom is 0.222 e. The normalized spacial score (nSPS) is 18.2. The van der Waals surface area contributed by atoms with Gasteiger partial charge in [-0.05, 0) is 19.1 Å². The van der Waals surface area contributed by atoms with E-state index in [1.807, 2.05) is 37.5 Å². The zero-order valence-corrected chi connectivity index (χ0v) is 12.5. The van der Waals surface area contributed by atoms with E-state index in [1.54, 1.807) is 0 Å². The number of amides is 1. The number of hydrogen-bond acceptors (Lipinski definition) is 3. The molecular formula is C16H21N3O2. The highest BCUT2D eigenvalue weighted by atomic mass is 16.5. The Bertz CT molecular complexity index is 646. The third kappa shape index (κ3) is 2.93. The average molecular weight is 287 g/mol. The molecule has 2 heterocycles. The minimum absolute atomic E-state index is 0.0772. The molecule has 2 aromatic rings. The van der Waals surface area contributed by atoms with Crippen molar-refractivity contribution >= 4 is 16.9 Å². The van der Waals surface area contributed by atoms with Crippen LogP contribution in [-0.4, -0.2) is 35.2 Å². The van der Waals surface area contributed by atoms with Gasteiger partial charge in [0.2, 0.25) is 5.91 Å². The first-order chi connectivity index (χ1) is 10.1. The van der Waals surface area contributed by atoms with Crippen LogP contribution in [0.25, 0.3) is 11.0 Å². The Balaban J connectivity index is 1.60. The molecule has 1 aromatic carbocycles. The molecule has 0 radical (unpaired) electrons. The Morgan fingerprint density at radius 1 is 1.48 bits per heavy atom. The Labute approximate surface area is 124 Å². The number of hydrogen-bond donors (Lipinski definition) is 1. The van der Waals surface area contributed by atoms with Crippen molar-refractivity contribution in [2.75, 3.05) is 19.8 Å². The standard InChI is InChI=1S/C16H21N3O2/c1-12(7-15(20)17-8-16(2)9-21-10-16)19-11-18-13-5-3-4-6-14(13)19/h3-6,11-12H,7-10H2,1-2H3,(H,17,20)/t12-/m1/s1. The minimum atomic E-state index is 0.0772. The molecule has 0 saturated carbocycles. The van der Waals surface area contributed by atoms with E-state index < -0.39 is 0 Å². The van der Waals surface area contributed by atoms with Crippen LogP contribution in [0.4, 0.5) is 0 Å². The van der Waals surface area contributed by atoms with Crippen molar-refractivity contribution in [3.8, 4) is 0 Å². The van der Waals surface area contributed by atoms with Crippen molar-refractivity contribution in [3.63, 3.8) is 0 Å². The van der Waals surface area contributed by atoms with E-state index in [0.29, 0.717) is 13.0 Å². The molecule has 1 amide bonds. The van der Waals surface area contributed by atoms with Crippen LogP contribution in [0, 0.1) is 5.41 Å². The Morgan fingerprint density at radius 3 is 2.95 bits per heavy atom. The number of nitrogens with one attached hydrogen (secondary N) is 1. The van der Waals surface area contributed by atoms with Crippen molar-refractivity contribution in [2.45, 2.75) is 26.3 Å². The molecule has 3 rings (SSSR count). The second kappa shape index (κ2) is 5.48. The highest BCUT2D eigenvalue weighted by Gasteiger charge is 2.33. The van der Waals surface area contributed by atoms with Crippen LogP contribution in [0.2, 0.25) is 0 Å². The molecule has 5 heteroatoms. The third-order valence-electron chi connectivity index (χ3n) is 4.05. The Hall–Kier alpha value is -1.88. The van der Waals surface area contributed by atoms with Gasteiger partial charge in [0.05, 0.1) is 30.6 Å². The number of aromatic nitrogens is 2. The van der Waals surface area contributed by atoms with Crippen LogP contribution in [0.5, 0.6) is 0 Å². The molecule has 0 unspecified atom stereocenters.